The van der Waals surface area contributed by atoms with Crippen LogP contribution >= 0.6 is 23.1 Å². The molecule has 0 amide bonds. The number of nitrogen functional groups attached to an aromatic ring is 1. The summed E-state index contributed by atoms with van der Waals surface area (Å²) in [5.74, 6) is 0. The van der Waals surface area contributed by atoms with Gasteiger partial charge in [0.25, 0.3) is 0 Å². The van der Waals surface area contributed by atoms with E-state index in [-0.39, 0.29) is 0 Å². The van der Waals surface area contributed by atoms with Crippen LogP contribution in [0.5, 0.6) is 0 Å². The summed E-state index contributed by atoms with van der Waals surface area (Å²) in [7, 11) is 0. The standard InChI is InChI=1S/C12H22N2S2/c1-4-12(5-2,15-3)9-14-8-11-10(13)6-7-16-11/h6-7,14H,4-5,8-9,13H2,1-3H3. The van der Waals surface area contributed by atoms with E-state index < -0.39 is 0 Å². The zero-order chi connectivity index (χ0) is 12.0. The van der Waals surface area contributed by atoms with Crippen molar-refractivity contribution in [1.29, 1.82) is 0 Å². The third kappa shape index (κ3) is 3.40. The Hall–Kier alpha value is -0.190. The molecule has 1 aromatic rings. The van der Waals surface area contributed by atoms with Gasteiger partial charge in [0.2, 0.25) is 0 Å². The highest BCUT2D eigenvalue weighted by Gasteiger charge is 2.24. The van der Waals surface area contributed by atoms with Gasteiger partial charge in [-0.1, -0.05) is 13.8 Å². The van der Waals surface area contributed by atoms with Crippen LogP contribution in [0.25, 0.3) is 0 Å². The normalized spacial score (nSPS) is 11.9. The molecule has 0 atom stereocenters. The highest BCUT2D eigenvalue weighted by molar-refractivity contribution is 8.00. The first-order chi connectivity index (χ1) is 7.67. The van der Waals surface area contributed by atoms with Crippen LogP contribution in [-0.4, -0.2) is 17.5 Å². The van der Waals surface area contributed by atoms with E-state index in [2.05, 4.69) is 25.4 Å². The fourth-order valence-electron chi connectivity index (χ4n) is 1.76. The molecule has 92 valence electrons. The maximum absolute atomic E-state index is 5.85. The van der Waals surface area contributed by atoms with Gasteiger partial charge in [-0.2, -0.15) is 11.8 Å². The molecular formula is C12H22N2S2. The van der Waals surface area contributed by atoms with Crippen molar-refractivity contribution in [3.8, 4) is 0 Å². The van der Waals surface area contributed by atoms with Crippen LogP contribution in [0.15, 0.2) is 11.4 Å². The van der Waals surface area contributed by atoms with Gasteiger partial charge in [-0.15, -0.1) is 11.3 Å². The molecule has 0 spiro atoms. The minimum absolute atomic E-state index is 0.381. The zero-order valence-corrected chi connectivity index (χ0v) is 12.0. The van der Waals surface area contributed by atoms with E-state index in [1.165, 1.54) is 17.7 Å². The average Bonchev–Trinajstić information content (AvgIpc) is 2.71. The lowest BCUT2D eigenvalue weighted by Crippen LogP contribution is -2.36. The van der Waals surface area contributed by atoms with Crippen LogP contribution in [0, 0.1) is 0 Å². The maximum atomic E-state index is 5.85. The number of hydrogen-bond acceptors (Lipinski definition) is 4. The van der Waals surface area contributed by atoms with Crippen molar-refractivity contribution in [2.24, 2.45) is 0 Å². The second-order valence-electron chi connectivity index (χ2n) is 4.00. The average molecular weight is 258 g/mol. The lowest BCUT2D eigenvalue weighted by molar-refractivity contribution is 0.496. The predicted molar refractivity (Wildman–Crippen MR) is 77.3 cm³/mol. The first kappa shape index (κ1) is 13.9. The van der Waals surface area contributed by atoms with Crippen molar-refractivity contribution in [3.63, 3.8) is 0 Å². The predicted octanol–water partition coefficient (Wildman–Crippen LogP) is 3.34. The molecule has 0 aliphatic heterocycles. The summed E-state index contributed by atoms with van der Waals surface area (Å²) in [4.78, 5) is 1.25. The third-order valence-corrected chi connectivity index (χ3v) is 5.76. The summed E-state index contributed by atoms with van der Waals surface area (Å²) < 4.78 is 0.381. The Balaban J connectivity index is 2.42. The Labute approximate surface area is 107 Å². The molecule has 0 radical (unpaired) electrons. The highest BCUT2D eigenvalue weighted by Crippen LogP contribution is 2.29. The van der Waals surface area contributed by atoms with Gasteiger partial charge in [-0.05, 0) is 30.5 Å². The maximum Gasteiger partial charge on any atom is 0.0468 e. The van der Waals surface area contributed by atoms with Crippen molar-refractivity contribution in [3.05, 3.63) is 16.3 Å². The van der Waals surface area contributed by atoms with Gasteiger partial charge in [0.15, 0.2) is 0 Å². The van der Waals surface area contributed by atoms with E-state index in [0.29, 0.717) is 4.75 Å². The second-order valence-corrected chi connectivity index (χ2v) is 6.27. The minimum atomic E-state index is 0.381. The largest absolute Gasteiger partial charge is 0.398 e. The monoisotopic (exact) mass is 258 g/mol. The molecule has 1 aromatic heterocycles. The number of thioether (sulfide) groups is 1. The number of hydrogen-bond donors (Lipinski definition) is 2. The van der Waals surface area contributed by atoms with Gasteiger partial charge in [-0.25, -0.2) is 0 Å². The van der Waals surface area contributed by atoms with Gasteiger partial charge in [0.1, 0.15) is 0 Å². The van der Waals surface area contributed by atoms with Crippen LogP contribution in [-0.2, 0) is 6.54 Å². The summed E-state index contributed by atoms with van der Waals surface area (Å²) in [6.07, 6.45) is 4.61. The van der Waals surface area contributed by atoms with Crippen LogP contribution in [0.4, 0.5) is 5.69 Å². The van der Waals surface area contributed by atoms with Crippen LogP contribution < -0.4 is 11.1 Å². The molecule has 1 rings (SSSR count). The lowest BCUT2D eigenvalue weighted by atomic mass is 10.0. The molecule has 3 N–H and O–H groups in total. The molecule has 0 aliphatic rings. The smallest absolute Gasteiger partial charge is 0.0468 e. The molecule has 0 aromatic carbocycles. The Morgan fingerprint density at radius 2 is 2.12 bits per heavy atom. The quantitative estimate of drug-likeness (QED) is 0.788. The fraction of sp³-hybridized carbons (Fsp3) is 0.667. The Morgan fingerprint density at radius 3 is 2.56 bits per heavy atom. The topological polar surface area (TPSA) is 38.0 Å². The van der Waals surface area contributed by atoms with E-state index >= 15 is 0 Å². The van der Waals surface area contributed by atoms with Crippen molar-refractivity contribution < 1.29 is 0 Å². The van der Waals surface area contributed by atoms with Gasteiger partial charge < -0.3 is 11.1 Å². The molecular weight excluding hydrogens is 236 g/mol. The summed E-state index contributed by atoms with van der Waals surface area (Å²) in [5, 5.41) is 5.58. The summed E-state index contributed by atoms with van der Waals surface area (Å²) in [6.45, 7) is 6.48. The molecule has 1 heterocycles. The van der Waals surface area contributed by atoms with Crippen LogP contribution in [0.2, 0.25) is 0 Å². The molecule has 0 fully saturated rings. The van der Waals surface area contributed by atoms with E-state index in [9.17, 15) is 0 Å². The minimum Gasteiger partial charge on any atom is -0.398 e. The summed E-state index contributed by atoms with van der Waals surface area (Å²) in [5.41, 5.74) is 6.77. The number of nitrogens with one attached hydrogen (secondary N) is 1. The first-order valence-electron chi connectivity index (χ1n) is 5.75. The van der Waals surface area contributed by atoms with Gasteiger partial charge in [0.05, 0.1) is 0 Å². The first-order valence-corrected chi connectivity index (χ1v) is 7.85. The molecule has 2 nitrogen and oxygen atoms in total. The molecule has 0 aliphatic carbocycles. The van der Waals surface area contributed by atoms with Crippen molar-refractivity contribution >= 4 is 28.8 Å². The van der Waals surface area contributed by atoms with Gasteiger partial charge in [0, 0.05) is 28.4 Å². The molecule has 16 heavy (non-hydrogen) atoms. The van der Waals surface area contributed by atoms with E-state index in [1.54, 1.807) is 11.3 Å². The van der Waals surface area contributed by atoms with Crippen molar-refractivity contribution in [2.45, 2.75) is 38.0 Å². The molecule has 0 saturated heterocycles. The lowest BCUT2D eigenvalue weighted by Gasteiger charge is -2.29. The molecule has 4 heteroatoms. The van der Waals surface area contributed by atoms with E-state index in [1.807, 2.05) is 23.2 Å². The van der Waals surface area contributed by atoms with Crippen LogP contribution in [0.1, 0.15) is 31.6 Å². The molecule has 0 unspecified atom stereocenters. The second kappa shape index (κ2) is 6.52. The summed E-state index contributed by atoms with van der Waals surface area (Å²) in [6, 6.07) is 1.98. The molecule has 0 saturated carbocycles. The van der Waals surface area contributed by atoms with Crippen LogP contribution in [0.3, 0.4) is 0 Å². The van der Waals surface area contributed by atoms with Crippen molar-refractivity contribution in [1.82, 2.24) is 5.32 Å². The van der Waals surface area contributed by atoms with Crippen molar-refractivity contribution in [2.75, 3.05) is 18.5 Å². The number of rotatable bonds is 7. The van der Waals surface area contributed by atoms with Gasteiger partial charge in [-0.3, -0.25) is 0 Å². The summed E-state index contributed by atoms with van der Waals surface area (Å²) >= 11 is 3.70. The molecule has 0 bridgehead atoms. The number of anilines is 1. The Bertz CT molecular complexity index is 297. The van der Waals surface area contributed by atoms with E-state index in [0.717, 1.165) is 18.8 Å². The SMILES string of the molecule is CCC(CC)(CNCc1sccc1N)SC. The Morgan fingerprint density at radius 1 is 1.44 bits per heavy atom. The number of nitrogens with two attached hydrogens (primary N) is 1. The number of thiophene rings is 1. The third-order valence-electron chi connectivity index (χ3n) is 3.23. The fourth-order valence-corrected chi connectivity index (χ4v) is 3.35. The van der Waals surface area contributed by atoms with E-state index in [4.69, 9.17) is 5.73 Å². The zero-order valence-electron chi connectivity index (χ0n) is 10.4. The Kier molecular flexibility index (Phi) is 5.66. The van der Waals surface area contributed by atoms with Gasteiger partial charge >= 0.3 is 0 Å². The highest BCUT2D eigenvalue weighted by atomic mass is 32.2.